The number of carbonyl (C=O) groups is 1. The molecule has 0 fully saturated rings. The van der Waals surface area contributed by atoms with Crippen LogP contribution in [0.3, 0.4) is 0 Å². The van der Waals surface area contributed by atoms with Gasteiger partial charge in [0, 0.05) is 11.0 Å². The molecular formula is C15H14BrFN2O. The van der Waals surface area contributed by atoms with E-state index in [0.717, 1.165) is 29.9 Å². The number of alkyl halides is 1. The highest BCUT2D eigenvalue weighted by Crippen LogP contribution is 2.13. The van der Waals surface area contributed by atoms with Gasteiger partial charge in [0.15, 0.2) is 0 Å². The standard InChI is InChI=1S/C15H14BrFN2O/c16-8-2-4-11-3-1-5-13(9-11)19-15(20)14-7-6-12(17)10-18-14/h1,3,5-7,9-10H,2,4,8H2,(H,19,20). The number of rotatable bonds is 5. The molecule has 1 aromatic carbocycles. The van der Waals surface area contributed by atoms with Gasteiger partial charge in [0.05, 0.1) is 6.20 Å². The molecule has 0 spiro atoms. The summed E-state index contributed by atoms with van der Waals surface area (Å²) in [6, 6.07) is 10.3. The summed E-state index contributed by atoms with van der Waals surface area (Å²) in [6.07, 6.45) is 3.02. The van der Waals surface area contributed by atoms with Gasteiger partial charge in [-0.25, -0.2) is 9.37 Å². The Morgan fingerprint density at radius 1 is 1.30 bits per heavy atom. The second-order valence-electron chi connectivity index (χ2n) is 4.31. The van der Waals surface area contributed by atoms with Crippen molar-refractivity contribution in [1.29, 1.82) is 0 Å². The molecule has 0 atom stereocenters. The molecule has 0 aliphatic heterocycles. The second kappa shape index (κ2) is 7.14. The number of carbonyl (C=O) groups excluding carboxylic acids is 1. The lowest BCUT2D eigenvalue weighted by Crippen LogP contribution is -2.13. The molecule has 2 aromatic rings. The summed E-state index contributed by atoms with van der Waals surface area (Å²) in [5, 5.41) is 3.71. The summed E-state index contributed by atoms with van der Waals surface area (Å²) in [4.78, 5) is 15.7. The van der Waals surface area contributed by atoms with Gasteiger partial charge in [0.2, 0.25) is 0 Å². The number of aryl methyl sites for hydroxylation is 1. The minimum absolute atomic E-state index is 0.192. The summed E-state index contributed by atoms with van der Waals surface area (Å²) < 4.78 is 12.8. The Hall–Kier alpha value is -1.75. The fourth-order valence-electron chi connectivity index (χ4n) is 1.78. The Labute approximate surface area is 125 Å². The first-order chi connectivity index (χ1) is 9.69. The number of halogens is 2. The number of aromatic nitrogens is 1. The Morgan fingerprint density at radius 2 is 2.15 bits per heavy atom. The van der Waals surface area contributed by atoms with Gasteiger partial charge >= 0.3 is 0 Å². The minimum Gasteiger partial charge on any atom is -0.321 e. The fraction of sp³-hybridized carbons (Fsp3) is 0.200. The van der Waals surface area contributed by atoms with E-state index < -0.39 is 5.82 Å². The number of nitrogens with zero attached hydrogens (tertiary/aromatic N) is 1. The van der Waals surface area contributed by atoms with E-state index in [4.69, 9.17) is 0 Å². The van der Waals surface area contributed by atoms with Crippen LogP contribution in [-0.4, -0.2) is 16.2 Å². The predicted octanol–water partition coefficient (Wildman–Crippen LogP) is 3.80. The van der Waals surface area contributed by atoms with Gasteiger partial charge in [0.25, 0.3) is 5.91 Å². The molecule has 1 heterocycles. The van der Waals surface area contributed by atoms with Gasteiger partial charge in [-0.2, -0.15) is 0 Å². The normalized spacial score (nSPS) is 10.3. The summed E-state index contributed by atoms with van der Waals surface area (Å²) >= 11 is 3.39. The summed E-state index contributed by atoms with van der Waals surface area (Å²) in [5.41, 5.74) is 2.07. The zero-order valence-corrected chi connectivity index (χ0v) is 12.4. The van der Waals surface area contributed by atoms with Gasteiger partial charge in [-0.3, -0.25) is 4.79 Å². The largest absolute Gasteiger partial charge is 0.321 e. The molecule has 0 saturated heterocycles. The highest BCUT2D eigenvalue weighted by molar-refractivity contribution is 9.09. The highest BCUT2D eigenvalue weighted by atomic mass is 79.9. The maximum atomic E-state index is 12.8. The van der Waals surface area contributed by atoms with Crippen LogP contribution in [0, 0.1) is 5.82 Å². The molecule has 5 heteroatoms. The molecule has 2 rings (SSSR count). The van der Waals surface area contributed by atoms with E-state index in [2.05, 4.69) is 26.2 Å². The quantitative estimate of drug-likeness (QED) is 0.844. The van der Waals surface area contributed by atoms with Crippen molar-refractivity contribution in [2.24, 2.45) is 0 Å². The highest BCUT2D eigenvalue weighted by Gasteiger charge is 2.07. The SMILES string of the molecule is O=C(Nc1cccc(CCCBr)c1)c1ccc(F)cn1. The second-order valence-corrected chi connectivity index (χ2v) is 5.10. The first kappa shape index (κ1) is 14.7. The van der Waals surface area contributed by atoms with Gasteiger partial charge in [0.1, 0.15) is 11.5 Å². The molecule has 0 aliphatic rings. The van der Waals surface area contributed by atoms with E-state index in [1.54, 1.807) is 0 Å². The summed E-state index contributed by atoms with van der Waals surface area (Å²) in [7, 11) is 0. The van der Waals surface area contributed by atoms with E-state index in [9.17, 15) is 9.18 Å². The molecule has 3 nitrogen and oxygen atoms in total. The van der Waals surface area contributed by atoms with Gasteiger partial charge < -0.3 is 5.32 Å². The van der Waals surface area contributed by atoms with Crippen molar-refractivity contribution in [3.63, 3.8) is 0 Å². The molecule has 1 amide bonds. The van der Waals surface area contributed by atoms with Crippen molar-refractivity contribution in [1.82, 2.24) is 4.98 Å². The third-order valence-electron chi connectivity index (χ3n) is 2.74. The molecule has 1 aromatic heterocycles. The average molecular weight is 337 g/mol. The third-order valence-corrected chi connectivity index (χ3v) is 3.30. The maximum Gasteiger partial charge on any atom is 0.274 e. The molecule has 0 saturated carbocycles. The van der Waals surface area contributed by atoms with Crippen LogP contribution in [-0.2, 0) is 6.42 Å². The first-order valence-electron chi connectivity index (χ1n) is 6.27. The summed E-state index contributed by atoms with van der Waals surface area (Å²) in [5.74, 6) is -0.805. The van der Waals surface area contributed by atoms with Crippen LogP contribution in [0.4, 0.5) is 10.1 Å². The van der Waals surface area contributed by atoms with E-state index >= 15 is 0 Å². The van der Waals surface area contributed by atoms with Crippen molar-refractivity contribution in [3.05, 3.63) is 59.7 Å². The average Bonchev–Trinajstić information content (AvgIpc) is 2.46. The number of hydrogen-bond donors (Lipinski definition) is 1. The van der Waals surface area contributed by atoms with Crippen molar-refractivity contribution < 1.29 is 9.18 Å². The van der Waals surface area contributed by atoms with Gasteiger partial charge in [-0.15, -0.1) is 0 Å². The monoisotopic (exact) mass is 336 g/mol. The lowest BCUT2D eigenvalue weighted by Gasteiger charge is -2.07. The van der Waals surface area contributed by atoms with Crippen molar-refractivity contribution in [3.8, 4) is 0 Å². The minimum atomic E-state index is -0.460. The van der Waals surface area contributed by atoms with Gasteiger partial charge in [-0.05, 0) is 42.7 Å². The molecule has 20 heavy (non-hydrogen) atoms. The molecule has 0 aliphatic carbocycles. The van der Waals surface area contributed by atoms with Crippen LogP contribution >= 0.6 is 15.9 Å². The van der Waals surface area contributed by atoms with E-state index in [-0.39, 0.29) is 11.6 Å². The van der Waals surface area contributed by atoms with Crippen LogP contribution in [0.25, 0.3) is 0 Å². The van der Waals surface area contributed by atoms with E-state index in [0.29, 0.717) is 5.69 Å². The lowest BCUT2D eigenvalue weighted by atomic mass is 10.1. The topological polar surface area (TPSA) is 42.0 Å². The molecule has 0 radical (unpaired) electrons. The fourth-order valence-corrected chi connectivity index (χ4v) is 2.06. The van der Waals surface area contributed by atoms with Crippen LogP contribution in [0.1, 0.15) is 22.5 Å². The lowest BCUT2D eigenvalue weighted by molar-refractivity contribution is 0.102. The smallest absolute Gasteiger partial charge is 0.274 e. The number of pyridine rings is 1. The molecule has 0 bridgehead atoms. The van der Waals surface area contributed by atoms with Crippen molar-refractivity contribution >= 4 is 27.5 Å². The Kier molecular flexibility index (Phi) is 5.24. The van der Waals surface area contributed by atoms with E-state index in [1.807, 2.05) is 24.3 Å². The molecule has 1 N–H and O–H groups in total. The third kappa shape index (κ3) is 4.13. The maximum absolute atomic E-state index is 12.8. The predicted molar refractivity (Wildman–Crippen MR) is 80.7 cm³/mol. The van der Waals surface area contributed by atoms with E-state index in [1.165, 1.54) is 12.1 Å². The first-order valence-corrected chi connectivity index (χ1v) is 7.39. The number of nitrogens with one attached hydrogen (secondary N) is 1. The number of amides is 1. The summed E-state index contributed by atoms with van der Waals surface area (Å²) in [6.45, 7) is 0. The van der Waals surface area contributed by atoms with Crippen LogP contribution < -0.4 is 5.32 Å². The Balaban J connectivity index is 2.05. The number of benzene rings is 1. The van der Waals surface area contributed by atoms with Crippen molar-refractivity contribution in [2.75, 3.05) is 10.6 Å². The molecule has 0 unspecified atom stereocenters. The Morgan fingerprint density at radius 3 is 2.85 bits per heavy atom. The van der Waals surface area contributed by atoms with Crippen molar-refractivity contribution in [2.45, 2.75) is 12.8 Å². The van der Waals surface area contributed by atoms with Crippen LogP contribution in [0.2, 0.25) is 0 Å². The molecule has 104 valence electrons. The zero-order chi connectivity index (χ0) is 14.4. The molecular weight excluding hydrogens is 323 g/mol. The number of hydrogen-bond acceptors (Lipinski definition) is 2. The Bertz CT molecular complexity index is 587. The van der Waals surface area contributed by atoms with Crippen LogP contribution in [0.5, 0.6) is 0 Å². The van der Waals surface area contributed by atoms with Crippen LogP contribution in [0.15, 0.2) is 42.6 Å². The zero-order valence-electron chi connectivity index (χ0n) is 10.8. The number of anilines is 1. The van der Waals surface area contributed by atoms with Gasteiger partial charge in [-0.1, -0.05) is 28.1 Å².